The number of ether oxygens (including phenoxy) is 1. The monoisotopic (exact) mass is 292 g/mol. The Kier molecular flexibility index (Phi) is 2.52. The van der Waals surface area contributed by atoms with Crippen molar-refractivity contribution in [3.05, 3.63) is 12.7 Å². The molecule has 3 heterocycles. The molecule has 112 valence electrons. The zero-order valence-corrected chi connectivity index (χ0v) is 11.1. The summed E-state index contributed by atoms with van der Waals surface area (Å²) in [6.45, 7) is 0. The van der Waals surface area contributed by atoms with Gasteiger partial charge in [-0.15, -0.1) is 0 Å². The molecule has 1 aliphatic heterocycles. The molecule has 1 aliphatic carbocycles. The number of aliphatic hydroxyl groups is 2. The first-order chi connectivity index (χ1) is 10.0. The minimum absolute atomic E-state index is 0.252. The molecule has 0 bridgehead atoms. The molecule has 1 saturated carbocycles. The SMILES string of the molecule is Nc1ncnc2c1ncn2[C@@H]1O[C@@]2(CC[C@H]2N)C(O)[C@@H]1O. The third kappa shape index (κ3) is 1.51. The summed E-state index contributed by atoms with van der Waals surface area (Å²) in [5, 5.41) is 20.6. The minimum Gasteiger partial charge on any atom is -0.387 e. The average molecular weight is 292 g/mol. The summed E-state index contributed by atoms with van der Waals surface area (Å²) in [4.78, 5) is 12.1. The first-order valence-corrected chi connectivity index (χ1v) is 6.77. The molecular weight excluding hydrogens is 276 g/mol. The van der Waals surface area contributed by atoms with E-state index in [-0.39, 0.29) is 11.9 Å². The molecule has 2 fully saturated rings. The van der Waals surface area contributed by atoms with Crippen LogP contribution in [0.25, 0.3) is 11.2 Å². The number of aliphatic hydroxyl groups excluding tert-OH is 2. The number of rotatable bonds is 1. The molecule has 0 radical (unpaired) electrons. The van der Waals surface area contributed by atoms with Crippen molar-refractivity contribution in [2.24, 2.45) is 5.73 Å². The maximum Gasteiger partial charge on any atom is 0.167 e. The van der Waals surface area contributed by atoms with Crippen LogP contribution in [0.4, 0.5) is 5.82 Å². The Balaban J connectivity index is 1.78. The van der Waals surface area contributed by atoms with Crippen molar-refractivity contribution >= 4 is 17.0 Å². The maximum absolute atomic E-state index is 10.3. The van der Waals surface area contributed by atoms with Gasteiger partial charge in [-0.1, -0.05) is 0 Å². The molecule has 5 atom stereocenters. The number of fused-ring (bicyclic) bond motifs is 1. The van der Waals surface area contributed by atoms with Crippen LogP contribution in [-0.2, 0) is 4.74 Å². The lowest BCUT2D eigenvalue weighted by Crippen LogP contribution is -2.63. The van der Waals surface area contributed by atoms with Gasteiger partial charge in [-0.3, -0.25) is 4.57 Å². The number of nitrogens with zero attached hydrogens (tertiary/aromatic N) is 4. The van der Waals surface area contributed by atoms with Crippen molar-refractivity contribution in [3.8, 4) is 0 Å². The second-order valence-electron chi connectivity index (χ2n) is 5.63. The Bertz CT molecular complexity index is 705. The number of nitrogens with two attached hydrogens (primary N) is 2. The molecule has 0 amide bonds. The van der Waals surface area contributed by atoms with E-state index in [0.717, 1.165) is 6.42 Å². The van der Waals surface area contributed by atoms with Gasteiger partial charge < -0.3 is 26.4 Å². The standard InChI is InChI=1S/C12H16N6O3/c13-5-1-2-12(5)8(20)7(19)11(21-12)18-4-17-6-9(14)15-3-16-10(6)18/h3-5,7-8,11,19-20H,1-2,13H2,(H2,14,15,16)/t5-,7+,8?,11-,12-/m1/s1. The van der Waals surface area contributed by atoms with Gasteiger partial charge in [0.25, 0.3) is 0 Å². The highest BCUT2D eigenvalue weighted by Crippen LogP contribution is 2.48. The topological polar surface area (TPSA) is 145 Å². The summed E-state index contributed by atoms with van der Waals surface area (Å²) in [5.74, 6) is 0.252. The van der Waals surface area contributed by atoms with E-state index in [1.807, 2.05) is 0 Å². The van der Waals surface area contributed by atoms with Gasteiger partial charge in [0.2, 0.25) is 0 Å². The highest BCUT2D eigenvalue weighted by Gasteiger charge is 2.62. The Labute approximate surface area is 119 Å². The lowest BCUT2D eigenvalue weighted by Gasteiger charge is -2.46. The lowest BCUT2D eigenvalue weighted by atomic mass is 9.71. The number of imidazole rings is 1. The Morgan fingerprint density at radius 2 is 2.14 bits per heavy atom. The summed E-state index contributed by atoms with van der Waals surface area (Å²) in [7, 11) is 0. The van der Waals surface area contributed by atoms with Crippen molar-refractivity contribution in [1.29, 1.82) is 0 Å². The molecule has 1 unspecified atom stereocenters. The van der Waals surface area contributed by atoms with E-state index in [0.29, 0.717) is 17.6 Å². The molecule has 21 heavy (non-hydrogen) atoms. The first-order valence-electron chi connectivity index (χ1n) is 6.77. The van der Waals surface area contributed by atoms with Crippen molar-refractivity contribution in [1.82, 2.24) is 19.5 Å². The van der Waals surface area contributed by atoms with E-state index in [9.17, 15) is 10.2 Å². The van der Waals surface area contributed by atoms with Gasteiger partial charge >= 0.3 is 0 Å². The molecule has 2 aromatic rings. The first kappa shape index (κ1) is 12.9. The predicted molar refractivity (Wildman–Crippen MR) is 71.8 cm³/mol. The fourth-order valence-electron chi connectivity index (χ4n) is 3.20. The van der Waals surface area contributed by atoms with E-state index < -0.39 is 24.0 Å². The summed E-state index contributed by atoms with van der Waals surface area (Å²) in [5.41, 5.74) is 11.7. The van der Waals surface area contributed by atoms with E-state index >= 15 is 0 Å². The molecule has 1 spiro atoms. The van der Waals surface area contributed by atoms with Crippen LogP contribution in [0.2, 0.25) is 0 Å². The van der Waals surface area contributed by atoms with Crippen molar-refractivity contribution in [2.75, 3.05) is 5.73 Å². The summed E-state index contributed by atoms with van der Waals surface area (Å²) in [6.07, 6.45) is 1.22. The zero-order valence-electron chi connectivity index (χ0n) is 11.1. The number of nitrogen functional groups attached to an aromatic ring is 1. The summed E-state index contributed by atoms with van der Waals surface area (Å²) >= 11 is 0. The normalized spacial score (nSPS) is 39.0. The summed E-state index contributed by atoms with van der Waals surface area (Å²) in [6, 6.07) is -0.290. The number of anilines is 1. The van der Waals surface area contributed by atoms with Crippen molar-refractivity contribution in [2.45, 2.75) is 42.9 Å². The van der Waals surface area contributed by atoms with Crippen LogP contribution in [0.5, 0.6) is 0 Å². The van der Waals surface area contributed by atoms with Gasteiger partial charge in [0.05, 0.1) is 6.33 Å². The van der Waals surface area contributed by atoms with E-state index in [1.165, 1.54) is 12.7 Å². The quantitative estimate of drug-likeness (QED) is 0.498. The third-order valence-electron chi connectivity index (χ3n) is 4.59. The van der Waals surface area contributed by atoms with E-state index in [2.05, 4.69) is 15.0 Å². The van der Waals surface area contributed by atoms with Crippen molar-refractivity contribution < 1.29 is 14.9 Å². The average Bonchev–Trinajstić information content (AvgIpc) is 3.01. The second kappa shape index (κ2) is 4.10. The van der Waals surface area contributed by atoms with Gasteiger partial charge in [-0.25, -0.2) is 15.0 Å². The van der Waals surface area contributed by atoms with Crippen LogP contribution in [0, 0.1) is 0 Å². The molecular formula is C12H16N6O3. The highest BCUT2D eigenvalue weighted by molar-refractivity contribution is 5.81. The van der Waals surface area contributed by atoms with E-state index in [4.69, 9.17) is 16.2 Å². The summed E-state index contributed by atoms with van der Waals surface area (Å²) < 4.78 is 7.47. The fourth-order valence-corrected chi connectivity index (χ4v) is 3.20. The van der Waals surface area contributed by atoms with Crippen LogP contribution in [-0.4, -0.2) is 53.6 Å². The van der Waals surface area contributed by atoms with Crippen LogP contribution in [0.1, 0.15) is 19.1 Å². The predicted octanol–water partition coefficient (Wildman–Crippen LogP) is -1.48. The van der Waals surface area contributed by atoms with Crippen molar-refractivity contribution in [3.63, 3.8) is 0 Å². The Hall–Kier alpha value is -1.81. The van der Waals surface area contributed by atoms with Crippen LogP contribution >= 0.6 is 0 Å². The van der Waals surface area contributed by atoms with Gasteiger partial charge in [-0.2, -0.15) is 0 Å². The van der Waals surface area contributed by atoms with Crippen LogP contribution in [0.15, 0.2) is 12.7 Å². The van der Waals surface area contributed by atoms with E-state index in [1.54, 1.807) is 4.57 Å². The smallest absolute Gasteiger partial charge is 0.167 e. The molecule has 1 saturated heterocycles. The van der Waals surface area contributed by atoms with Gasteiger partial charge in [0.15, 0.2) is 17.7 Å². The van der Waals surface area contributed by atoms with Crippen LogP contribution in [0.3, 0.4) is 0 Å². The third-order valence-corrected chi connectivity index (χ3v) is 4.59. The molecule has 0 aromatic carbocycles. The van der Waals surface area contributed by atoms with Gasteiger partial charge in [0, 0.05) is 6.04 Å². The lowest BCUT2D eigenvalue weighted by molar-refractivity contribution is -0.158. The van der Waals surface area contributed by atoms with Gasteiger partial charge in [-0.05, 0) is 12.8 Å². The second-order valence-corrected chi connectivity index (χ2v) is 5.63. The largest absolute Gasteiger partial charge is 0.387 e. The Morgan fingerprint density at radius 1 is 1.33 bits per heavy atom. The maximum atomic E-state index is 10.3. The number of aromatic nitrogens is 4. The number of hydrogen-bond acceptors (Lipinski definition) is 8. The van der Waals surface area contributed by atoms with Gasteiger partial charge in [0.1, 0.15) is 29.7 Å². The molecule has 4 rings (SSSR count). The minimum atomic E-state index is -1.11. The molecule has 6 N–H and O–H groups in total. The molecule has 9 nitrogen and oxygen atoms in total. The molecule has 9 heteroatoms. The molecule has 2 aliphatic rings. The number of hydrogen-bond donors (Lipinski definition) is 4. The Morgan fingerprint density at radius 3 is 2.76 bits per heavy atom. The fraction of sp³-hybridized carbons (Fsp3) is 0.583. The van der Waals surface area contributed by atoms with Crippen LogP contribution < -0.4 is 11.5 Å². The molecule has 2 aromatic heterocycles. The highest BCUT2D eigenvalue weighted by atomic mass is 16.6. The zero-order chi connectivity index (χ0) is 14.8.